The van der Waals surface area contributed by atoms with E-state index in [0.29, 0.717) is 22.1 Å². The summed E-state index contributed by atoms with van der Waals surface area (Å²) in [5, 5.41) is 7.58. The van der Waals surface area contributed by atoms with E-state index in [1.54, 1.807) is 60.8 Å². The molecule has 2 N–H and O–H groups in total. The number of aryl methyl sites for hydroxylation is 1. The van der Waals surface area contributed by atoms with Crippen LogP contribution in [0.25, 0.3) is 0 Å². The minimum Gasteiger partial charge on any atom is -0.464 e. The number of nitrogens with one attached hydrogen (secondary N) is 2. The number of carbonyl (C=O) groups excluding carboxylic acids is 3. The first-order valence-corrected chi connectivity index (χ1v) is 12.0. The van der Waals surface area contributed by atoms with Gasteiger partial charge in [0.1, 0.15) is 11.5 Å². The first-order chi connectivity index (χ1) is 16.0. The highest BCUT2D eigenvalue weighted by Crippen LogP contribution is 2.30. The summed E-state index contributed by atoms with van der Waals surface area (Å²) < 4.78 is 5.83. The highest BCUT2D eigenvalue weighted by atomic mass is 32.1. The van der Waals surface area contributed by atoms with Crippen LogP contribution in [0.2, 0.25) is 0 Å². The van der Waals surface area contributed by atoms with Crippen molar-refractivity contribution in [3.8, 4) is 0 Å². The molecule has 1 saturated carbocycles. The normalized spacial score (nSPS) is 14.6. The number of amides is 3. The molecule has 33 heavy (non-hydrogen) atoms. The molecule has 172 valence electrons. The van der Waals surface area contributed by atoms with E-state index >= 15 is 0 Å². The minimum absolute atomic E-state index is 0.0855. The maximum absolute atomic E-state index is 13.5. The molecule has 2 aromatic heterocycles. The largest absolute Gasteiger partial charge is 0.464 e. The SMILES string of the molecule is Cc1ccc([C@H](C(=O)NC2CCCC2)N(C(=O)CNC(=O)c2cccs2)c2ccccc2)o1. The summed E-state index contributed by atoms with van der Waals surface area (Å²) in [5.74, 6) is -0.00293. The van der Waals surface area contributed by atoms with Crippen molar-refractivity contribution in [3.63, 3.8) is 0 Å². The molecule has 0 unspecified atom stereocenters. The molecule has 0 aliphatic heterocycles. The second kappa shape index (κ2) is 10.5. The minimum atomic E-state index is -0.993. The Bertz CT molecular complexity index is 1090. The average molecular weight is 466 g/mol. The van der Waals surface area contributed by atoms with E-state index in [1.165, 1.54) is 16.2 Å². The Morgan fingerprint density at radius 2 is 1.82 bits per heavy atom. The van der Waals surface area contributed by atoms with Gasteiger partial charge in [-0.25, -0.2) is 0 Å². The van der Waals surface area contributed by atoms with Crippen molar-refractivity contribution in [2.75, 3.05) is 11.4 Å². The molecular weight excluding hydrogens is 438 g/mol. The van der Waals surface area contributed by atoms with Gasteiger partial charge < -0.3 is 15.1 Å². The predicted molar refractivity (Wildman–Crippen MR) is 127 cm³/mol. The van der Waals surface area contributed by atoms with Gasteiger partial charge in [-0.2, -0.15) is 0 Å². The Labute approximate surface area is 196 Å². The number of hydrogen-bond donors (Lipinski definition) is 2. The monoisotopic (exact) mass is 465 g/mol. The topological polar surface area (TPSA) is 91.7 Å². The van der Waals surface area contributed by atoms with Crippen molar-refractivity contribution in [3.05, 3.63) is 76.4 Å². The highest BCUT2D eigenvalue weighted by Gasteiger charge is 2.36. The molecule has 0 saturated heterocycles. The van der Waals surface area contributed by atoms with Gasteiger partial charge in [-0.15, -0.1) is 11.3 Å². The summed E-state index contributed by atoms with van der Waals surface area (Å²) in [6, 6.07) is 15.1. The summed E-state index contributed by atoms with van der Waals surface area (Å²) in [6.45, 7) is 1.55. The van der Waals surface area contributed by atoms with Gasteiger partial charge in [-0.05, 0) is 55.5 Å². The second-order valence-corrected chi connectivity index (χ2v) is 9.05. The molecule has 1 aliphatic carbocycles. The van der Waals surface area contributed by atoms with Gasteiger partial charge in [-0.1, -0.05) is 37.1 Å². The fourth-order valence-corrected chi connectivity index (χ4v) is 4.73. The number of carbonyl (C=O) groups is 3. The Kier molecular flexibility index (Phi) is 7.24. The van der Waals surface area contributed by atoms with Crippen molar-refractivity contribution in [1.82, 2.24) is 10.6 Å². The first kappa shape index (κ1) is 22.8. The predicted octanol–water partition coefficient (Wildman–Crippen LogP) is 4.21. The van der Waals surface area contributed by atoms with E-state index in [1.807, 2.05) is 6.07 Å². The van der Waals surface area contributed by atoms with Crippen LogP contribution in [0.5, 0.6) is 0 Å². The van der Waals surface area contributed by atoms with E-state index in [9.17, 15) is 14.4 Å². The number of rotatable bonds is 8. The standard InChI is InChI=1S/C25H27N3O4S/c1-17-13-14-20(32-17)23(25(31)27-18-8-5-6-9-18)28(19-10-3-2-4-11-19)22(29)16-26-24(30)21-12-7-15-33-21/h2-4,7,10-15,18,23H,5-6,8-9,16H2,1H3,(H,26,30)(H,27,31)/t23-/m1/s1. The summed E-state index contributed by atoms with van der Waals surface area (Å²) in [6.07, 6.45) is 3.99. The van der Waals surface area contributed by atoms with Gasteiger partial charge in [0.2, 0.25) is 5.91 Å². The Hall–Kier alpha value is -3.39. The zero-order valence-electron chi connectivity index (χ0n) is 18.5. The second-order valence-electron chi connectivity index (χ2n) is 8.10. The fourth-order valence-electron chi connectivity index (χ4n) is 4.09. The van der Waals surface area contributed by atoms with E-state index in [4.69, 9.17) is 4.42 Å². The molecule has 7 nitrogen and oxygen atoms in total. The maximum atomic E-state index is 13.5. The zero-order chi connectivity index (χ0) is 23.2. The fraction of sp³-hybridized carbons (Fsp3) is 0.320. The molecule has 2 heterocycles. The van der Waals surface area contributed by atoms with Crippen molar-refractivity contribution >= 4 is 34.7 Å². The van der Waals surface area contributed by atoms with Crippen molar-refractivity contribution < 1.29 is 18.8 Å². The molecule has 0 spiro atoms. The van der Waals surface area contributed by atoms with Gasteiger partial charge in [0, 0.05) is 11.7 Å². The van der Waals surface area contributed by atoms with Crippen LogP contribution in [0.3, 0.4) is 0 Å². The van der Waals surface area contributed by atoms with Gasteiger partial charge in [0.25, 0.3) is 11.8 Å². The van der Waals surface area contributed by atoms with Crippen LogP contribution in [0.1, 0.15) is 52.9 Å². The molecule has 4 rings (SSSR count). The number of anilines is 1. The lowest BCUT2D eigenvalue weighted by Crippen LogP contribution is -2.49. The van der Waals surface area contributed by atoms with E-state index < -0.39 is 11.9 Å². The number of thiophene rings is 1. The first-order valence-electron chi connectivity index (χ1n) is 11.1. The van der Waals surface area contributed by atoms with E-state index in [0.717, 1.165) is 25.7 Å². The zero-order valence-corrected chi connectivity index (χ0v) is 19.3. The third-order valence-electron chi connectivity index (χ3n) is 5.69. The van der Waals surface area contributed by atoms with Gasteiger partial charge >= 0.3 is 0 Å². The van der Waals surface area contributed by atoms with Crippen LogP contribution in [-0.2, 0) is 9.59 Å². The lowest BCUT2D eigenvalue weighted by Gasteiger charge is -2.31. The number of hydrogen-bond acceptors (Lipinski definition) is 5. The van der Waals surface area contributed by atoms with E-state index in [-0.39, 0.29) is 24.4 Å². The van der Waals surface area contributed by atoms with Gasteiger partial charge in [-0.3, -0.25) is 19.3 Å². The summed E-state index contributed by atoms with van der Waals surface area (Å²) >= 11 is 1.30. The summed E-state index contributed by atoms with van der Waals surface area (Å²) in [5.41, 5.74) is 0.550. The molecule has 1 fully saturated rings. The molecule has 0 bridgehead atoms. The van der Waals surface area contributed by atoms with Crippen LogP contribution < -0.4 is 15.5 Å². The third-order valence-corrected chi connectivity index (χ3v) is 6.56. The Morgan fingerprint density at radius 3 is 2.45 bits per heavy atom. The summed E-state index contributed by atoms with van der Waals surface area (Å²) in [7, 11) is 0. The lowest BCUT2D eigenvalue weighted by atomic mass is 10.1. The van der Waals surface area contributed by atoms with Crippen LogP contribution in [0.4, 0.5) is 5.69 Å². The average Bonchev–Trinajstić information content (AvgIpc) is 3.59. The highest BCUT2D eigenvalue weighted by molar-refractivity contribution is 7.12. The summed E-state index contributed by atoms with van der Waals surface area (Å²) in [4.78, 5) is 41.3. The van der Waals surface area contributed by atoms with Gasteiger partial charge in [0.05, 0.1) is 11.4 Å². The quantitative estimate of drug-likeness (QED) is 0.521. The molecule has 3 aromatic rings. The molecule has 8 heteroatoms. The van der Waals surface area contributed by atoms with Crippen LogP contribution >= 0.6 is 11.3 Å². The molecule has 1 aromatic carbocycles. The van der Waals surface area contributed by atoms with E-state index in [2.05, 4.69) is 10.6 Å². The Balaban J connectivity index is 1.63. The molecule has 1 aliphatic rings. The van der Waals surface area contributed by atoms with Crippen molar-refractivity contribution in [1.29, 1.82) is 0 Å². The smallest absolute Gasteiger partial charge is 0.261 e. The number of para-hydroxylation sites is 1. The molecule has 3 amide bonds. The number of benzene rings is 1. The molecule has 1 atom stereocenters. The third kappa shape index (κ3) is 5.51. The number of furan rings is 1. The maximum Gasteiger partial charge on any atom is 0.261 e. The molecular formula is C25H27N3O4S. The molecule has 0 radical (unpaired) electrons. The lowest BCUT2D eigenvalue weighted by molar-refractivity contribution is -0.127. The van der Waals surface area contributed by atoms with Crippen LogP contribution in [0, 0.1) is 6.92 Å². The van der Waals surface area contributed by atoms with Crippen LogP contribution in [-0.4, -0.2) is 30.3 Å². The van der Waals surface area contributed by atoms with Crippen molar-refractivity contribution in [2.24, 2.45) is 0 Å². The van der Waals surface area contributed by atoms with Crippen LogP contribution in [0.15, 0.2) is 64.4 Å². The van der Waals surface area contributed by atoms with Crippen molar-refractivity contribution in [2.45, 2.75) is 44.7 Å². The van der Waals surface area contributed by atoms with Gasteiger partial charge in [0.15, 0.2) is 6.04 Å². The number of nitrogens with zero attached hydrogens (tertiary/aromatic N) is 1. The Morgan fingerprint density at radius 1 is 1.06 bits per heavy atom.